The Hall–Kier alpha value is -2.89. The van der Waals surface area contributed by atoms with Crippen molar-refractivity contribution in [3.05, 3.63) is 17.8 Å². The Morgan fingerprint density at radius 3 is 2.31 bits per heavy atom. The Balaban J connectivity index is 0.000000762. The standard InChI is InChI=1S/C21H35N5O2.C2HF3O2/c1-5-7-10-25(6-2)21(28)18-14-17(24-19(27)13-16(3)4)15-23-20(18)26-11-8-22-9-12-26;3-2(4,5)1(6)7/h14-16,22H,5-13H2,1-4H3,(H,24,27);(H,6,7). The predicted octanol–water partition coefficient (Wildman–Crippen LogP) is 3.37. The van der Waals surface area contributed by atoms with Gasteiger partial charge in [0.2, 0.25) is 5.91 Å². The lowest BCUT2D eigenvalue weighted by molar-refractivity contribution is -0.192. The third-order valence-corrected chi connectivity index (χ3v) is 5.08. The van der Waals surface area contributed by atoms with Gasteiger partial charge in [-0.1, -0.05) is 27.2 Å². The van der Waals surface area contributed by atoms with Gasteiger partial charge in [0.25, 0.3) is 5.91 Å². The number of hydrogen-bond acceptors (Lipinski definition) is 6. The Bertz CT molecular complexity index is 843. The van der Waals surface area contributed by atoms with Crippen LogP contribution in [0.25, 0.3) is 0 Å². The molecule has 1 aromatic heterocycles. The summed E-state index contributed by atoms with van der Waals surface area (Å²) >= 11 is 0. The van der Waals surface area contributed by atoms with E-state index in [1.54, 1.807) is 12.3 Å². The number of nitrogens with one attached hydrogen (secondary N) is 2. The van der Waals surface area contributed by atoms with Crippen LogP contribution in [0, 0.1) is 5.92 Å². The van der Waals surface area contributed by atoms with E-state index in [9.17, 15) is 22.8 Å². The number of amides is 2. The van der Waals surface area contributed by atoms with Crippen molar-refractivity contribution >= 4 is 29.3 Å². The molecule has 12 heteroatoms. The average molecular weight is 504 g/mol. The van der Waals surface area contributed by atoms with Crippen LogP contribution < -0.4 is 15.5 Å². The number of aliphatic carboxylic acids is 1. The minimum atomic E-state index is -5.08. The zero-order chi connectivity index (χ0) is 26.6. The number of anilines is 2. The van der Waals surface area contributed by atoms with E-state index in [0.717, 1.165) is 45.6 Å². The maximum absolute atomic E-state index is 13.3. The number of piperazine rings is 1. The normalized spacial score (nSPS) is 13.7. The van der Waals surface area contributed by atoms with E-state index in [1.807, 2.05) is 25.7 Å². The molecule has 198 valence electrons. The maximum Gasteiger partial charge on any atom is 0.490 e. The van der Waals surface area contributed by atoms with Gasteiger partial charge in [0.05, 0.1) is 17.4 Å². The van der Waals surface area contributed by atoms with Gasteiger partial charge in [-0.3, -0.25) is 9.59 Å². The van der Waals surface area contributed by atoms with Crippen LogP contribution in [-0.2, 0) is 9.59 Å². The van der Waals surface area contributed by atoms with Crippen LogP contribution >= 0.6 is 0 Å². The minimum Gasteiger partial charge on any atom is -0.475 e. The number of aromatic nitrogens is 1. The number of hydrogen-bond donors (Lipinski definition) is 3. The highest BCUT2D eigenvalue weighted by Crippen LogP contribution is 2.24. The molecule has 0 bridgehead atoms. The molecule has 1 saturated heterocycles. The third-order valence-electron chi connectivity index (χ3n) is 5.08. The lowest BCUT2D eigenvalue weighted by Crippen LogP contribution is -2.45. The summed E-state index contributed by atoms with van der Waals surface area (Å²) in [4.78, 5) is 43.0. The molecule has 1 aliphatic rings. The Morgan fingerprint density at radius 1 is 1.23 bits per heavy atom. The van der Waals surface area contributed by atoms with Gasteiger partial charge in [-0.25, -0.2) is 9.78 Å². The van der Waals surface area contributed by atoms with Crippen molar-refractivity contribution in [2.75, 3.05) is 49.5 Å². The van der Waals surface area contributed by atoms with Crippen molar-refractivity contribution < 1.29 is 32.7 Å². The molecule has 0 aliphatic carbocycles. The highest BCUT2D eigenvalue weighted by atomic mass is 19.4. The summed E-state index contributed by atoms with van der Waals surface area (Å²) in [6, 6.07) is 1.79. The molecule has 0 radical (unpaired) electrons. The summed E-state index contributed by atoms with van der Waals surface area (Å²) in [5.41, 5.74) is 1.15. The zero-order valence-corrected chi connectivity index (χ0v) is 20.7. The molecule has 0 atom stereocenters. The van der Waals surface area contributed by atoms with Gasteiger partial charge in [-0.2, -0.15) is 13.2 Å². The van der Waals surface area contributed by atoms with Crippen LogP contribution in [0.15, 0.2) is 12.3 Å². The zero-order valence-electron chi connectivity index (χ0n) is 20.7. The molecule has 2 heterocycles. The van der Waals surface area contributed by atoms with E-state index >= 15 is 0 Å². The number of pyridine rings is 1. The number of halogens is 3. The SMILES string of the molecule is CCCCN(CC)C(=O)c1cc(NC(=O)CC(C)C)cnc1N1CCNCC1.O=C(O)C(F)(F)F. The fourth-order valence-electron chi connectivity index (χ4n) is 3.32. The lowest BCUT2D eigenvalue weighted by Gasteiger charge is -2.31. The lowest BCUT2D eigenvalue weighted by atomic mass is 10.1. The van der Waals surface area contributed by atoms with Crippen LogP contribution in [0.4, 0.5) is 24.7 Å². The molecule has 0 saturated carbocycles. The van der Waals surface area contributed by atoms with Crippen molar-refractivity contribution in [2.45, 2.75) is 53.1 Å². The van der Waals surface area contributed by atoms with Crippen LogP contribution in [0.5, 0.6) is 0 Å². The summed E-state index contributed by atoms with van der Waals surface area (Å²) in [6.45, 7) is 12.9. The van der Waals surface area contributed by atoms with Gasteiger partial charge in [0.15, 0.2) is 0 Å². The Kier molecular flexibility index (Phi) is 12.5. The Morgan fingerprint density at radius 2 is 1.83 bits per heavy atom. The highest BCUT2D eigenvalue weighted by Gasteiger charge is 2.38. The van der Waals surface area contributed by atoms with Crippen molar-refractivity contribution in [1.29, 1.82) is 0 Å². The van der Waals surface area contributed by atoms with Crippen LogP contribution in [0.3, 0.4) is 0 Å². The van der Waals surface area contributed by atoms with E-state index in [2.05, 4.69) is 27.4 Å². The van der Waals surface area contributed by atoms with Crippen molar-refractivity contribution in [1.82, 2.24) is 15.2 Å². The highest BCUT2D eigenvalue weighted by molar-refractivity contribution is 6.01. The molecular formula is C23H36F3N5O4. The van der Waals surface area contributed by atoms with Crippen LogP contribution in [0.2, 0.25) is 0 Å². The number of nitrogens with zero attached hydrogens (tertiary/aromatic N) is 3. The fraction of sp³-hybridized carbons (Fsp3) is 0.652. The largest absolute Gasteiger partial charge is 0.490 e. The maximum atomic E-state index is 13.3. The van der Waals surface area contributed by atoms with E-state index < -0.39 is 12.1 Å². The second-order valence-corrected chi connectivity index (χ2v) is 8.52. The van der Waals surface area contributed by atoms with Crippen molar-refractivity contribution in [3.63, 3.8) is 0 Å². The van der Waals surface area contributed by atoms with Crippen molar-refractivity contribution in [2.24, 2.45) is 5.92 Å². The van der Waals surface area contributed by atoms with Crippen LogP contribution in [0.1, 0.15) is 57.3 Å². The second kappa shape index (κ2) is 14.5. The molecule has 2 amide bonds. The van der Waals surface area contributed by atoms with Gasteiger partial charge < -0.3 is 25.5 Å². The molecule has 0 aromatic carbocycles. The molecule has 1 aromatic rings. The molecule has 9 nitrogen and oxygen atoms in total. The molecule has 1 fully saturated rings. The number of carbonyl (C=O) groups excluding carboxylic acids is 2. The molecule has 2 rings (SSSR count). The number of carboxylic acid groups (broad SMARTS) is 1. The first-order valence-corrected chi connectivity index (χ1v) is 11.8. The quantitative estimate of drug-likeness (QED) is 0.473. The van der Waals surface area contributed by atoms with E-state index in [1.165, 1.54) is 0 Å². The number of carbonyl (C=O) groups is 3. The van der Waals surface area contributed by atoms with Crippen LogP contribution in [-0.4, -0.2) is 78.2 Å². The van der Waals surface area contributed by atoms with Gasteiger partial charge in [0.1, 0.15) is 5.82 Å². The predicted molar refractivity (Wildman–Crippen MR) is 128 cm³/mol. The monoisotopic (exact) mass is 503 g/mol. The van der Waals surface area contributed by atoms with Gasteiger partial charge >= 0.3 is 12.1 Å². The first-order chi connectivity index (χ1) is 16.4. The Labute approximate surface area is 204 Å². The third kappa shape index (κ3) is 10.5. The summed E-state index contributed by atoms with van der Waals surface area (Å²) in [6.07, 6.45) is -0.964. The molecule has 0 spiro atoms. The van der Waals surface area contributed by atoms with E-state index in [4.69, 9.17) is 9.90 Å². The first-order valence-electron chi connectivity index (χ1n) is 11.8. The fourth-order valence-corrected chi connectivity index (χ4v) is 3.32. The first kappa shape index (κ1) is 30.1. The summed E-state index contributed by atoms with van der Waals surface area (Å²) < 4.78 is 31.7. The molecule has 0 unspecified atom stereocenters. The summed E-state index contributed by atoms with van der Waals surface area (Å²) in [7, 11) is 0. The van der Waals surface area contributed by atoms with Crippen molar-refractivity contribution in [3.8, 4) is 0 Å². The smallest absolute Gasteiger partial charge is 0.475 e. The average Bonchev–Trinajstić information content (AvgIpc) is 2.79. The molecule has 35 heavy (non-hydrogen) atoms. The minimum absolute atomic E-state index is 0.0167. The number of alkyl halides is 3. The molecule has 3 N–H and O–H groups in total. The number of carboxylic acids is 1. The molecule has 1 aliphatic heterocycles. The molecular weight excluding hydrogens is 467 g/mol. The van der Waals surface area contributed by atoms with E-state index in [0.29, 0.717) is 30.0 Å². The number of unbranched alkanes of at least 4 members (excludes halogenated alkanes) is 1. The number of rotatable bonds is 9. The second-order valence-electron chi connectivity index (χ2n) is 8.52. The van der Waals surface area contributed by atoms with E-state index in [-0.39, 0.29) is 17.7 Å². The van der Waals surface area contributed by atoms with Gasteiger partial charge in [-0.05, 0) is 25.3 Å². The summed E-state index contributed by atoms with van der Waals surface area (Å²) in [5, 5.41) is 13.3. The summed E-state index contributed by atoms with van der Waals surface area (Å²) in [5.74, 6) is -1.84. The topological polar surface area (TPSA) is 115 Å². The van der Waals surface area contributed by atoms with Gasteiger partial charge in [-0.15, -0.1) is 0 Å². The van der Waals surface area contributed by atoms with Gasteiger partial charge in [0, 0.05) is 45.7 Å².